The molecule has 0 bridgehead atoms. The second-order valence-corrected chi connectivity index (χ2v) is 4.90. The van der Waals surface area contributed by atoms with Crippen LogP contribution in [0.5, 0.6) is 0 Å². The van der Waals surface area contributed by atoms with Crippen molar-refractivity contribution in [2.45, 2.75) is 13.3 Å². The van der Waals surface area contributed by atoms with Gasteiger partial charge in [0.25, 0.3) is 5.91 Å². The lowest BCUT2D eigenvalue weighted by atomic mass is 10.3. The number of nitrogens with one attached hydrogen (secondary N) is 2. The van der Waals surface area contributed by atoms with Crippen molar-refractivity contribution >= 4 is 34.7 Å². The fourth-order valence-corrected chi connectivity index (χ4v) is 2.16. The molecule has 1 amide bonds. The van der Waals surface area contributed by atoms with Gasteiger partial charge in [-0.3, -0.25) is 9.89 Å². The number of nitrogens with zero attached hydrogens (tertiary/aromatic N) is 1. The average molecular weight is 256 g/mol. The Labute approximate surface area is 102 Å². The average Bonchev–Trinajstić information content (AvgIpc) is 2.87. The van der Waals surface area contributed by atoms with E-state index in [9.17, 15) is 4.79 Å². The quantitative estimate of drug-likeness (QED) is 0.886. The molecule has 0 aliphatic heterocycles. The third-order valence-corrected chi connectivity index (χ3v) is 3.28. The second kappa shape index (κ2) is 4.67. The molecule has 2 heterocycles. The highest BCUT2D eigenvalue weighted by Gasteiger charge is 2.10. The fraction of sp³-hybridized carbons (Fsp3) is 0.200. The molecular weight excluding hydrogens is 246 g/mol. The minimum Gasteiger partial charge on any atom is -0.304 e. The van der Waals surface area contributed by atoms with Crippen molar-refractivity contribution < 1.29 is 4.79 Å². The lowest BCUT2D eigenvalue weighted by Gasteiger charge is -1.97. The predicted molar refractivity (Wildman–Crippen MR) is 65.2 cm³/mol. The van der Waals surface area contributed by atoms with E-state index in [1.807, 2.05) is 13.0 Å². The van der Waals surface area contributed by atoms with Crippen LogP contribution in [0.15, 0.2) is 18.2 Å². The normalized spacial score (nSPS) is 10.4. The molecular formula is C10H10ClN3OS. The third-order valence-electron chi connectivity index (χ3n) is 2.05. The number of carbonyl (C=O) groups excluding carboxylic acids is 1. The maximum absolute atomic E-state index is 11.7. The molecule has 2 aromatic rings. The van der Waals surface area contributed by atoms with Gasteiger partial charge in [-0.2, -0.15) is 5.10 Å². The summed E-state index contributed by atoms with van der Waals surface area (Å²) in [5.41, 5.74) is 0.986. The van der Waals surface area contributed by atoms with E-state index in [4.69, 9.17) is 11.6 Å². The van der Waals surface area contributed by atoms with Crippen LogP contribution in [0.2, 0.25) is 4.34 Å². The molecule has 0 fully saturated rings. The van der Waals surface area contributed by atoms with Gasteiger partial charge in [0.1, 0.15) is 0 Å². The number of aromatic amines is 1. The van der Waals surface area contributed by atoms with Crippen LogP contribution in [-0.4, -0.2) is 16.1 Å². The largest absolute Gasteiger partial charge is 0.304 e. The highest BCUT2D eigenvalue weighted by Crippen LogP contribution is 2.22. The number of carbonyl (C=O) groups is 1. The fourth-order valence-electron chi connectivity index (χ4n) is 1.22. The Morgan fingerprint density at radius 2 is 2.44 bits per heavy atom. The van der Waals surface area contributed by atoms with Gasteiger partial charge in [0.15, 0.2) is 5.82 Å². The van der Waals surface area contributed by atoms with Crippen molar-refractivity contribution in [3.05, 3.63) is 33.1 Å². The molecule has 2 aromatic heterocycles. The van der Waals surface area contributed by atoms with E-state index in [0.717, 1.165) is 12.1 Å². The number of rotatable bonds is 3. The van der Waals surface area contributed by atoms with Crippen LogP contribution in [0, 0.1) is 0 Å². The molecule has 2 N–H and O–H groups in total. The summed E-state index contributed by atoms with van der Waals surface area (Å²) in [5, 5.41) is 9.50. The number of amides is 1. The standard InChI is InChI=1S/C10H10ClN3OS/c1-2-6-5-9(14-13-6)12-10(15)7-3-4-8(11)16-7/h3-5H,2H2,1H3,(H2,12,13,14,15). The zero-order chi connectivity index (χ0) is 11.5. The second-order valence-electron chi connectivity index (χ2n) is 3.19. The number of aromatic nitrogens is 2. The third kappa shape index (κ3) is 2.43. The summed E-state index contributed by atoms with van der Waals surface area (Å²) in [7, 11) is 0. The van der Waals surface area contributed by atoms with Crippen LogP contribution in [0.1, 0.15) is 22.3 Å². The zero-order valence-corrected chi connectivity index (χ0v) is 10.2. The monoisotopic (exact) mass is 255 g/mol. The minimum absolute atomic E-state index is 0.189. The van der Waals surface area contributed by atoms with Crippen LogP contribution >= 0.6 is 22.9 Å². The molecule has 0 radical (unpaired) electrons. The van der Waals surface area contributed by atoms with Gasteiger partial charge in [0.2, 0.25) is 0 Å². The molecule has 6 heteroatoms. The maximum atomic E-state index is 11.7. The molecule has 84 valence electrons. The Hall–Kier alpha value is -1.33. The smallest absolute Gasteiger partial charge is 0.266 e. The summed E-state index contributed by atoms with van der Waals surface area (Å²) in [6.07, 6.45) is 0.855. The number of hydrogen-bond acceptors (Lipinski definition) is 3. The number of aryl methyl sites for hydroxylation is 1. The van der Waals surface area contributed by atoms with E-state index >= 15 is 0 Å². The Bertz CT molecular complexity index is 506. The number of anilines is 1. The SMILES string of the molecule is CCc1cc(NC(=O)c2ccc(Cl)s2)n[nH]1. The van der Waals surface area contributed by atoms with Crippen LogP contribution < -0.4 is 5.32 Å². The van der Waals surface area contributed by atoms with Crippen LogP contribution in [0.4, 0.5) is 5.82 Å². The molecule has 0 aromatic carbocycles. The topological polar surface area (TPSA) is 57.8 Å². The summed E-state index contributed by atoms with van der Waals surface area (Å²) in [5.74, 6) is 0.345. The molecule has 0 spiro atoms. The molecule has 0 saturated carbocycles. The lowest BCUT2D eigenvalue weighted by molar-refractivity contribution is 0.103. The summed E-state index contributed by atoms with van der Waals surface area (Å²) in [6.45, 7) is 2.01. The highest BCUT2D eigenvalue weighted by atomic mass is 35.5. The first kappa shape index (κ1) is 11.2. The van der Waals surface area contributed by atoms with Crippen LogP contribution in [0.25, 0.3) is 0 Å². The first-order valence-corrected chi connectivity index (χ1v) is 5.99. The van der Waals surface area contributed by atoms with Crippen molar-refractivity contribution in [3.63, 3.8) is 0 Å². The Morgan fingerprint density at radius 1 is 1.62 bits per heavy atom. The molecule has 0 aliphatic carbocycles. The first-order valence-electron chi connectivity index (χ1n) is 4.80. The molecule has 0 unspecified atom stereocenters. The predicted octanol–water partition coefficient (Wildman–Crippen LogP) is 2.94. The van der Waals surface area contributed by atoms with Crippen LogP contribution in [-0.2, 0) is 6.42 Å². The molecule has 0 aliphatic rings. The number of hydrogen-bond donors (Lipinski definition) is 2. The van der Waals surface area contributed by atoms with Gasteiger partial charge in [-0.25, -0.2) is 0 Å². The van der Waals surface area contributed by atoms with Gasteiger partial charge in [0.05, 0.1) is 9.21 Å². The highest BCUT2D eigenvalue weighted by molar-refractivity contribution is 7.18. The molecule has 0 atom stereocenters. The van der Waals surface area contributed by atoms with Gasteiger partial charge in [0, 0.05) is 11.8 Å². The van der Waals surface area contributed by atoms with E-state index in [-0.39, 0.29) is 5.91 Å². The Kier molecular flexibility index (Phi) is 3.26. The van der Waals surface area contributed by atoms with Crippen LogP contribution in [0.3, 0.4) is 0 Å². The van der Waals surface area contributed by atoms with Crippen molar-refractivity contribution in [1.29, 1.82) is 0 Å². The van der Waals surface area contributed by atoms with E-state index in [0.29, 0.717) is 15.0 Å². The number of halogens is 1. The Balaban J connectivity index is 2.07. The maximum Gasteiger partial charge on any atom is 0.266 e. The summed E-state index contributed by atoms with van der Waals surface area (Å²) in [4.78, 5) is 12.3. The summed E-state index contributed by atoms with van der Waals surface area (Å²) < 4.78 is 0.599. The van der Waals surface area contributed by atoms with Crippen molar-refractivity contribution in [2.24, 2.45) is 0 Å². The van der Waals surface area contributed by atoms with E-state index in [1.54, 1.807) is 12.1 Å². The van der Waals surface area contributed by atoms with Gasteiger partial charge < -0.3 is 5.32 Å². The molecule has 4 nitrogen and oxygen atoms in total. The van der Waals surface area contributed by atoms with Crippen molar-refractivity contribution in [1.82, 2.24) is 10.2 Å². The van der Waals surface area contributed by atoms with Crippen molar-refractivity contribution in [3.8, 4) is 0 Å². The first-order chi connectivity index (χ1) is 7.69. The van der Waals surface area contributed by atoms with Gasteiger partial charge in [-0.05, 0) is 18.6 Å². The van der Waals surface area contributed by atoms with Gasteiger partial charge in [-0.1, -0.05) is 18.5 Å². The number of thiophene rings is 1. The van der Waals surface area contributed by atoms with E-state index in [1.165, 1.54) is 11.3 Å². The van der Waals surface area contributed by atoms with Crippen molar-refractivity contribution in [2.75, 3.05) is 5.32 Å². The minimum atomic E-state index is -0.189. The molecule has 0 saturated heterocycles. The van der Waals surface area contributed by atoms with Gasteiger partial charge in [-0.15, -0.1) is 11.3 Å². The van der Waals surface area contributed by atoms with E-state index < -0.39 is 0 Å². The zero-order valence-electron chi connectivity index (χ0n) is 8.58. The summed E-state index contributed by atoms with van der Waals surface area (Å²) in [6, 6.07) is 5.20. The van der Waals surface area contributed by atoms with Gasteiger partial charge >= 0.3 is 0 Å². The number of H-pyrrole nitrogens is 1. The molecule has 16 heavy (non-hydrogen) atoms. The summed E-state index contributed by atoms with van der Waals surface area (Å²) >= 11 is 6.99. The lowest BCUT2D eigenvalue weighted by Crippen LogP contribution is -2.10. The van der Waals surface area contributed by atoms with E-state index in [2.05, 4.69) is 15.5 Å². The molecule has 2 rings (SSSR count). The Morgan fingerprint density at radius 3 is 3.00 bits per heavy atom.